The Balaban J connectivity index is 2.71. The van der Waals surface area contributed by atoms with Gasteiger partial charge in [0.25, 0.3) is 11.5 Å². The molecule has 0 radical (unpaired) electrons. The first kappa shape index (κ1) is 22.6. The van der Waals surface area contributed by atoms with Gasteiger partial charge in [-0.2, -0.15) is 0 Å². The average Bonchev–Trinajstić information content (AvgIpc) is 2.59. The highest BCUT2D eigenvalue weighted by Gasteiger charge is 2.28. The Hall–Kier alpha value is -2.68. The monoisotopic (exact) mass is 428 g/mol. The Bertz CT molecular complexity index is 1050. The van der Waals surface area contributed by atoms with E-state index in [2.05, 4.69) is 4.98 Å². The van der Waals surface area contributed by atoms with E-state index in [0.717, 1.165) is 9.47 Å². The van der Waals surface area contributed by atoms with Crippen molar-refractivity contribution in [1.29, 1.82) is 0 Å². The van der Waals surface area contributed by atoms with Gasteiger partial charge in [0.15, 0.2) is 17.3 Å². The average molecular weight is 429 g/mol. The van der Waals surface area contributed by atoms with Gasteiger partial charge in [-0.3, -0.25) is 19.1 Å². The lowest BCUT2D eigenvalue weighted by molar-refractivity contribution is 0.0983. The van der Waals surface area contributed by atoms with Crippen LogP contribution in [-0.4, -0.2) is 22.0 Å². The molecule has 1 aromatic carbocycles. The molecule has 7 nitrogen and oxygen atoms in total. The summed E-state index contributed by atoms with van der Waals surface area (Å²) in [5.41, 5.74) is 3.96. The number of hydrogen-bond donors (Lipinski definition) is 2. The number of anilines is 2. The highest BCUT2D eigenvalue weighted by atomic mass is 35.5. The standard InChI is InChI=1S/C19H23ClF2N4O3/c1-9(2)7-25(18(28)11-5-13(21)14(22)6-12(11)20)15-16(23)26(8-10(3)4)19(29)24-17(15)27/h5-6,9-10H,7-8,23H2,1-4H3,(H,24,27,29). The second kappa shape index (κ2) is 8.77. The Morgan fingerprint density at radius 3 is 2.31 bits per heavy atom. The van der Waals surface area contributed by atoms with Crippen LogP contribution in [0.2, 0.25) is 5.02 Å². The fraction of sp³-hybridized carbons (Fsp3) is 0.421. The third kappa shape index (κ3) is 4.84. The third-order valence-corrected chi connectivity index (χ3v) is 4.38. The molecule has 0 aliphatic carbocycles. The summed E-state index contributed by atoms with van der Waals surface area (Å²) < 4.78 is 28.3. The number of halogens is 3. The van der Waals surface area contributed by atoms with E-state index >= 15 is 0 Å². The molecule has 0 saturated heterocycles. The van der Waals surface area contributed by atoms with Crippen LogP contribution in [0, 0.1) is 23.5 Å². The van der Waals surface area contributed by atoms with Crippen molar-refractivity contribution in [2.75, 3.05) is 17.2 Å². The van der Waals surface area contributed by atoms with Gasteiger partial charge >= 0.3 is 5.69 Å². The van der Waals surface area contributed by atoms with Crippen LogP contribution in [0.5, 0.6) is 0 Å². The highest BCUT2D eigenvalue weighted by molar-refractivity contribution is 6.34. The van der Waals surface area contributed by atoms with Gasteiger partial charge in [0.05, 0.1) is 10.6 Å². The zero-order valence-corrected chi connectivity index (χ0v) is 17.3. The third-order valence-electron chi connectivity index (χ3n) is 4.06. The van der Waals surface area contributed by atoms with Crippen LogP contribution in [-0.2, 0) is 6.54 Å². The van der Waals surface area contributed by atoms with Gasteiger partial charge in [-0.15, -0.1) is 0 Å². The highest BCUT2D eigenvalue weighted by Crippen LogP contribution is 2.26. The molecule has 3 N–H and O–H groups in total. The quantitative estimate of drug-likeness (QED) is 0.690. The Labute approximate surface area is 171 Å². The first-order valence-electron chi connectivity index (χ1n) is 9.03. The molecule has 10 heteroatoms. The lowest BCUT2D eigenvalue weighted by Crippen LogP contribution is -2.43. The van der Waals surface area contributed by atoms with Crippen molar-refractivity contribution in [3.8, 4) is 0 Å². The summed E-state index contributed by atoms with van der Waals surface area (Å²) in [4.78, 5) is 41.1. The number of benzene rings is 1. The van der Waals surface area contributed by atoms with Crippen molar-refractivity contribution < 1.29 is 13.6 Å². The molecule has 0 saturated carbocycles. The normalized spacial score (nSPS) is 11.3. The van der Waals surface area contributed by atoms with Crippen molar-refractivity contribution in [1.82, 2.24) is 9.55 Å². The molecule has 1 amide bonds. The van der Waals surface area contributed by atoms with Crippen LogP contribution in [0.25, 0.3) is 0 Å². The first-order valence-corrected chi connectivity index (χ1v) is 9.40. The predicted octanol–water partition coefficient (Wildman–Crippen LogP) is 3.01. The number of rotatable bonds is 6. The number of H-pyrrole nitrogens is 1. The van der Waals surface area contributed by atoms with Crippen molar-refractivity contribution in [2.24, 2.45) is 11.8 Å². The van der Waals surface area contributed by atoms with E-state index in [0.29, 0.717) is 12.1 Å². The van der Waals surface area contributed by atoms with Gasteiger partial charge in [0, 0.05) is 13.1 Å². The molecule has 0 fully saturated rings. The lowest BCUT2D eigenvalue weighted by atomic mass is 10.1. The van der Waals surface area contributed by atoms with Gasteiger partial charge in [-0.25, -0.2) is 13.6 Å². The van der Waals surface area contributed by atoms with Crippen LogP contribution >= 0.6 is 11.6 Å². The number of nitrogen functional groups attached to an aromatic ring is 1. The number of aromatic nitrogens is 2. The Morgan fingerprint density at radius 2 is 1.76 bits per heavy atom. The van der Waals surface area contributed by atoms with Crippen LogP contribution in [0.1, 0.15) is 38.1 Å². The number of nitrogens with two attached hydrogens (primary N) is 1. The fourth-order valence-corrected chi connectivity index (χ4v) is 3.09. The lowest BCUT2D eigenvalue weighted by Gasteiger charge is -2.26. The molecule has 0 spiro atoms. The van der Waals surface area contributed by atoms with Gasteiger partial charge in [-0.1, -0.05) is 39.3 Å². The van der Waals surface area contributed by atoms with Crippen LogP contribution in [0.4, 0.5) is 20.3 Å². The number of carbonyl (C=O) groups is 1. The molecule has 0 bridgehead atoms. The summed E-state index contributed by atoms with van der Waals surface area (Å²) in [6, 6.07) is 1.35. The molecule has 1 aromatic heterocycles. The molecule has 29 heavy (non-hydrogen) atoms. The zero-order valence-electron chi connectivity index (χ0n) is 16.6. The Morgan fingerprint density at radius 1 is 1.17 bits per heavy atom. The fourth-order valence-electron chi connectivity index (χ4n) is 2.86. The Kier molecular flexibility index (Phi) is 6.84. The molecule has 0 aliphatic heterocycles. The van der Waals surface area contributed by atoms with E-state index in [1.807, 2.05) is 13.8 Å². The van der Waals surface area contributed by atoms with Crippen LogP contribution in [0.3, 0.4) is 0 Å². The topological polar surface area (TPSA) is 101 Å². The minimum Gasteiger partial charge on any atom is -0.383 e. The number of nitrogens with one attached hydrogen (secondary N) is 1. The molecule has 158 valence electrons. The summed E-state index contributed by atoms with van der Waals surface area (Å²) in [6.07, 6.45) is 0. The summed E-state index contributed by atoms with van der Waals surface area (Å²) in [5, 5.41) is -0.312. The molecular formula is C19H23ClF2N4O3. The molecule has 2 rings (SSSR count). The minimum absolute atomic E-state index is 0.0291. The van der Waals surface area contributed by atoms with Gasteiger partial charge in [0.2, 0.25) is 0 Å². The zero-order chi connectivity index (χ0) is 22.0. The first-order chi connectivity index (χ1) is 13.4. The van der Waals surface area contributed by atoms with E-state index in [4.69, 9.17) is 17.3 Å². The predicted molar refractivity (Wildman–Crippen MR) is 108 cm³/mol. The van der Waals surface area contributed by atoms with E-state index in [1.165, 1.54) is 0 Å². The largest absolute Gasteiger partial charge is 0.383 e. The number of carbonyl (C=O) groups excluding carboxylic acids is 1. The second-order valence-electron chi connectivity index (χ2n) is 7.55. The van der Waals surface area contributed by atoms with Gasteiger partial charge in [0.1, 0.15) is 5.82 Å². The molecular weight excluding hydrogens is 406 g/mol. The maximum Gasteiger partial charge on any atom is 0.330 e. The van der Waals surface area contributed by atoms with Crippen molar-refractivity contribution in [3.63, 3.8) is 0 Å². The van der Waals surface area contributed by atoms with Crippen LogP contribution < -0.4 is 21.9 Å². The minimum atomic E-state index is -1.26. The molecule has 2 aromatic rings. The SMILES string of the molecule is CC(C)CN(C(=O)c1cc(F)c(F)cc1Cl)c1c(N)n(CC(C)C)c(=O)[nH]c1=O. The number of aromatic amines is 1. The summed E-state index contributed by atoms with van der Waals surface area (Å²) in [6.45, 7) is 7.54. The summed E-state index contributed by atoms with van der Waals surface area (Å²) in [5.74, 6) is -3.58. The number of amides is 1. The van der Waals surface area contributed by atoms with Crippen molar-refractivity contribution in [3.05, 3.63) is 55.2 Å². The number of nitrogens with zero attached hydrogens (tertiary/aromatic N) is 2. The number of hydrogen-bond acceptors (Lipinski definition) is 4. The molecule has 0 aliphatic rings. The van der Waals surface area contributed by atoms with E-state index < -0.39 is 28.8 Å². The van der Waals surface area contributed by atoms with E-state index in [1.54, 1.807) is 13.8 Å². The van der Waals surface area contributed by atoms with Gasteiger partial charge in [-0.05, 0) is 24.0 Å². The van der Waals surface area contributed by atoms with Crippen molar-refractivity contribution >= 4 is 29.0 Å². The van der Waals surface area contributed by atoms with Crippen LogP contribution in [0.15, 0.2) is 21.7 Å². The van der Waals surface area contributed by atoms with Gasteiger partial charge < -0.3 is 10.6 Å². The molecule has 0 atom stereocenters. The maximum atomic E-state index is 13.7. The summed E-state index contributed by atoms with van der Waals surface area (Å²) >= 11 is 5.94. The second-order valence-corrected chi connectivity index (χ2v) is 7.96. The smallest absolute Gasteiger partial charge is 0.330 e. The molecule has 0 unspecified atom stereocenters. The summed E-state index contributed by atoms with van der Waals surface area (Å²) in [7, 11) is 0. The van der Waals surface area contributed by atoms with E-state index in [9.17, 15) is 23.2 Å². The van der Waals surface area contributed by atoms with E-state index in [-0.39, 0.29) is 47.0 Å². The molecule has 1 heterocycles. The van der Waals surface area contributed by atoms with Crippen molar-refractivity contribution in [2.45, 2.75) is 34.2 Å². The maximum absolute atomic E-state index is 13.7.